The summed E-state index contributed by atoms with van der Waals surface area (Å²) in [5.41, 5.74) is 1.02. The highest BCUT2D eigenvalue weighted by atomic mass is 35.5. The summed E-state index contributed by atoms with van der Waals surface area (Å²) < 4.78 is 13.2. The van der Waals surface area contributed by atoms with Crippen molar-refractivity contribution in [2.75, 3.05) is 11.8 Å². The molecule has 0 radical (unpaired) electrons. The van der Waals surface area contributed by atoms with Crippen LogP contribution in [0.3, 0.4) is 0 Å². The summed E-state index contributed by atoms with van der Waals surface area (Å²) in [6.07, 6.45) is 4.03. The number of hydrogen-bond donors (Lipinski definition) is 2. The number of halogens is 1. The normalized spacial score (nSPS) is 11.0. The number of rotatable bonds is 6. The molecular formula is C15H16ClN3OS2. The third-order valence-corrected chi connectivity index (χ3v) is 5.23. The van der Waals surface area contributed by atoms with Gasteiger partial charge in [0.15, 0.2) is 11.6 Å². The molecule has 2 N–H and O–H groups in total. The Balaban J connectivity index is 1.79. The summed E-state index contributed by atoms with van der Waals surface area (Å²) in [7, 11) is 1.69. The van der Waals surface area contributed by atoms with Crippen LogP contribution in [0.5, 0.6) is 5.75 Å². The van der Waals surface area contributed by atoms with Crippen LogP contribution in [0.2, 0.25) is 5.02 Å². The van der Waals surface area contributed by atoms with Crippen LogP contribution in [-0.4, -0.2) is 16.5 Å². The molecule has 0 fully saturated rings. The van der Waals surface area contributed by atoms with Crippen LogP contribution in [0.4, 0.5) is 5.82 Å². The molecule has 116 valence electrons. The van der Waals surface area contributed by atoms with Crippen molar-refractivity contribution >= 4 is 51.8 Å². The van der Waals surface area contributed by atoms with E-state index in [0.717, 1.165) is 45.2 Å². The molecule has 0 unspecified atom stereocenters. The highest BCUT2D eigenvalue weighted by molar-refractivity contribution is 8.00. The Morgan fingerprint density at radius 1 is 1.45 bits per heavy atom. The maximum atomic E-state index is 6.01. The molecule has 7 heteroatoms. The van der Waals surface area contributed by atoms with Gasteiger partial charge in [0.25, 0.3) is 0 Å². The topological polar surface area (TPSA) is 49.9 Å². The van der Waals surface area contributed by atoms with Gasteiger partial charge in [-0.15, -0.1) is 0 Å². The van der Waals surface area contributed by atoms with Gasteiger partial charge in [0.2, 0.25) is 0 Å². The average molecular weight is 354 g/mol. The van der Waals surface area contributed by atoms with Crippen LogP contribution in [0, 0.1) is 0 Å². The van der Waals surface area contributed by atoms with Gasteiger partial charge in [0.1, 0.15) is 0 Å². The van der Waals surface area contributed by atoms with E-state index in [9.17, 15) is 0 Å². The van der Waals surface area contributed by atoms with Crippen molar-refractivity contribution in [2.24, 2.45) is 0 Å². The number of aryl methyl sites for hydroxylation is 1. The summed E-state index contributed by atoms with van der Waals surface area (Å²) in [4.78, 5) is 5.50. The number of aromatic amines is 1. The molecule has 2 heterocycles. The standard InChI is InChI=1S/C15H16ClN3OS2/c1-3-4-12-14(20-2)15(18-21-12)19-22-13-8-17-11-7-9(16)5-6-10(11)13/h5-8,17H,3-4H2,1-2H3,(H,18,19). The second-order valence-electron chi connectivity index (χ2n) is 4.78. The third-order valence-electron chi connectivity index (χ3n) is 3.26. The molecular weight excluding hydrogens is 338 g/mol. The number of anilines is 1. The second-order valence-corrected chi connectivity index (χ2v) is 6.93. The molecule has 3 aromatic rings. The van der Waals surface area contributed by atoms with E-state index in [4.69, 9.17) is 16.3 Å². The fraction of sp³-hybridized carbons (Fsp3) is 0.267. The van der Waals surface area contributed by atoms with E-state index >= 15 is 0 Å². The summed E-state index contributed by atoms with van der Waals surface area (Å²) >= 11 is 9.01. The van der Waals surface area contributed by atoms with Gasteiger partial charge >= 0.3 is 0 Å². The first kappa shape index (κ1) is 15.5. The van der Waals surface area contributed by atoms with E-state index in [2.05, 4.69) is 21.0 Å². The van der Waals surface area contributed by atoms with Gasteiger partial charge in [-0.05, 0) is 42.0 Å². The first-order chi connectivity index (χ1) is 10.7. The number of fused-ring (bicyclic) bond motifs is 1. The average Bonchev–Trinajstić information content (AvgIpc) is 3.08. The van der Waals surface area contributed by atoms with Gasteiger partial charge in [-0.1, -0.05) is 31.0 Å². The monoisotopic (exact) mass is 353 g/mol. The molecule has 0 aliphatic heterocycles. The van der Waals surface area contributed by atoms with E-state index in [1.807, 2.05) is 24.4 Å². The summed E-state index contributed by atoms with van der Waals surface area (Å²) in [6.45, 7) is 2.15. The number of ether oxygens (including phenoxy) is 1. The Kier molecular flexibility index (Phi) is 4.81. The van der Waals surface area contributed by atoms with Crippen molar-refractivity contribution in [3.63, 3.8) is 0 Å². The van der Waals surface area contributed by atoms with Gasteiger partial charge in [-0.25, -0.2) is 0 Å². The zero-order valence-electron chi connectivity index (χ0n) is 12.3. The fourth-order valence-electron chi connectivity index (χ4n) is 2.24. The molecule has 0 aliphatic rings. The number of hydrogen-bond acceptors (Lipinski definition) is 5. The van der Waals surface area contributed by atoms with Gasteiger partial charge in [0, 0.05) is 22.1 Å². The maximum Gasteiger partial charge on any atom is 0.192 e. The number of aromatic nitrogens is 2. The van der Waals surface area contributed by atoms with Gasteiger partial charge in [0.05, 0.1) is 16.9 Å². The van der Waals surface area contributed by atoms with E-state index in [0.29, 0.717) is 0 Å². The SMILES string of the molecule is CCCc1snc(NSc2c[nH]c3cc(Cl)ccc23)c1OC. The predicted molar refractivity (Wildman–Crippen MR) is 95.4 cm³/mol. The molecule has 0 saturated carbocycles. The van der Waals surface area contributed by atoms with Gasteiger partial charge < -0.3 is 14.4 Å². The van der Waals surface area contributed by atoms with Gasteiger partial charge in [-0.3, -0.25) is 0 Å². The molecule has 0 spiro atoms. The smallest absolute Gasteiger partial charge is 0.192 e. The lowest BCUT2D eigenvalue weighted by Gasteiger charge is -2.05. The molecule has 0 amide bonds. The zero-order chi connectivity index (χ0) is 15.5. The van der Waals surface area contributed by atoms with E-state index in [1.54, 1.807) is 7.11 Å². The van der Waals surface area contributed by atoms with Crippen LogP contribution in [0.1, 0.15) is 18.2 Å². The zero-order valence-corrected chi connectivity index (χ0v) is 14.7. The fourth-order valence-corrected chi connectivity index (χ4v) is 4.11. The molecule has 0 aliphatic carbocycles. The predicted octanol–water partition coefficient (Wildman–Crippen LogP) is 5.36. The largest absolute Gasteiger partial charge is 0.492 e. The summed E-state index contributed by atoms with van der Waals surface area (Å²) in [5, 5.41) is 1.86. The molecule has 0 bridgehead atoms. The lowest BCUT2D eigenvalue weighted by atomic mass is 10.2. The molecule has 3 rings (SSSR count). The minimum absolute atomic E-state index is 0.726. The number of nitrogens with one attached hydrogen (secondary N) is 2. The lowest BCUT2D eigenvalue weighted by Crippen LogP contribution is -1.92. The third kappa shape index (κ3) is 3.04. The van der Waals surface area contributed by atoms with E-state index in [1.165, 1.54) is 28.4 Å². The van der Waals surface area contributed by atoms with Crippen LogP contribution >= 0.6 is 35.1 Å². The van der Waals surface area contributed by atoms with Crippen LogP contribution in [-0.2, 0) is 6.42 Å². The number of benzene rings is 1. The maximum absolute atomic E-state index is 6.01. The van der Waals surface area contributed by atoms with Gasteiger partial charge in [-0.2, -0.15) is 4.37 Å². The van der Waals surface area contributed by atoms with Crippen LogP contribution in [0.15, 0.2) is 29.3 Å². The van der Waals surface area contributed by atoms with E-state index in [-0.39, 0.29) is 0 Å². The lowest BCUT2D eigenvalue weighted by molar-refractivity contribution is 0.413. The Morgan fingerprint density at radius 3 is 3.09 bits per heavy atom. The Morgan fingerprint density at radius 2 is 2.32 bits per heavy atom. The second kappa shape index (κ2) is 6.81. The summed E-state index contributed by atoms with van der Waals surface area (Å²) in [6, 6.07) is 5.83. The molecule has 4 nitrogen and oxygen atoms in total. The number of nitrogens with zero attached hydrogens (tertiary/aromatic N) is 1. The number of H-pyrrole nitrogens is 1. The highest BCUT2D eigenvalue weighted by Crippen LogP contribution is 2.37. The molecule has 0 atom stereocenters. The molecule has 2 aromatic heterocycles. The van der Waals surface area contributed by atoms with Crippen LogP contribution < -0.4 is 9.46 Å². The first-order valence-corrected chi connectivity index (χ1v) is 8.91. The van der Waals surface area contributed by atoms with Crippen molar-refractivity contribution in [3.05, 3.63) is 34.3 Å². The highest BCUT2D eigenvalue weighted by Gasteiger charge is 2.14. The minimum Gasteiger partial charge on any atom is -0.492 e. The first-order valence-electron chi connectivity index (χ1n) is 6.95. The molecule has 22 heavy (non-hydrogen) atoms. The van der Waals surface area contributed by atoms with Crippen molar-refractivity contribution in [1.29, 1.82) is 0 Å². The Hall–Kier alpha value is -1.37. The quantitative estimate of drug-likeness (QED) is 0.586. The van der Waals surface area contributed by atoms with Crippen LogP contribution in [0.25, 0.3) is 10.9 Å². The minimum atomic E-state index is 0.726. The van der Waals surface area contributed by atoms with E-state index < -0.39 is 0 Å². The summed E-state index contributed by atoms with van der Waals surface area (Å²) in [5.74, 6) is 1.63. The van der Waals surface area contributed by atoms with Crippen molar-refractivity contribution < 1.29 is 4.74 Å². The number of methoxy groups -OCH3 is 1. The molecule has 0 saturated heterocycles. The van der Waals surface area contributed by atoms with Crippen molar-refractivity contribution in [2.45, 2.75) is 24.7 Å². The molecule has 1 aromatic carbocycles. The Bertz CT molecular complexity index is 784. The Labute approximate surface area is 142 Å². The van der Waals surface area contributed by atoms with Crippen molar-refractivity contribution in [1.82, 2.24) is 9.36 Å². The van der Waals surface area contributed by atoms with Crippen molar-refractivity contribution in [3.8, 4) is 5.75 Å².